The number of hydrogen-bond donors (Lipinski definition) is 0. The smallest absolute Gasteiger partial charge is 0.0815 e. The molecule has 1 nitrogen and oxygen atoms in total. The molecule has 0 saturated carbocycles. The van der Waals surface area contributed by atoms with Crippen LogP contribution in [0, 0.1) is 11.3 Å². The van der Waals surface area contributed by atoms with Crippen molar-refractivity contribution in [2.24, 2.45) is 0 Å². The average molecular weight is 353 g/mol. The normalized spacial score (nSPS) is 12.2. The van der Waals surface area contributed by atoms with E-state index in [1.54, 1.807) is 11.3 Å². The standard InChI is InChI=1S/C24H19NS/c25-17-21(24-16-20-13-7-8-14-23(20)26-24)15-22(18-9-3-1-4-10-18)19-11-5-2-6-12-19/h1-14,16,21-22H,15H2. The molecule has 0 aliphatic rings. The highest BCUT2D eigenvalue weighted by Gasteiger charge is 2.22. The van der Waals surface area contributed by atoms with Crippen molar-refractivity contribution >= 4 is 21.4 Å². The summed E-state index contributed by atoms with van der Waals surface area (Å²) in [5, 5.41) is 11.1. The Morgan fingerprint density at radius 3 is 1.92 bits per heavy atom. The van der Waals surface area contributed by atoms with Gasteiger partial charge in [0, 0.05) is 15.5 Å². The Labute approximate surface area is 158 Å². The Balaban J connectivity index is 1.71. The van der Waals surface area contributed by atoms with Crippen LogP contribution in [0.1, 0.15) is 34.3 Å². The van der Waals surface area contributed by atoms with Crippen molar-refractivity contribution in [2.75, 3.05) is 0 Å². The summed E-state index contributed by atoms with van der Waals surface area (Å²) in [6.45, 7) is 0. The number of hydrogen-bond acceptors (Lipinski definition) is 2. The monoisotopic (exact) mass is 353 g/mol. The SMILES string of the molecule is N#CC(CC(c1ccccc1)c1ccccc1)c1cc2ccccc2s1. The van der Waals surface area contributed by atoms with Crippen LogP contribution in [0.2, 0.25) is 0 Å². The molecule has 0 bridgehead atoms. The van der Waals surface area contributed by atoms with Gasteiger partial charge in [-0.3, -0.25) is 0 Å². The van der Waals surface area contributed by atoms with Gasteiger partial charge in [-0.25, -0.2) is 0 Å². The molecule has 0 amide bonds. The minimum Gasteiger partial charge on any atom is -0.198 e. The molecule has 0 N–H and O–H groups in total. The minimum atomic E-state index is -0.113. The van der Waals surface area contributed by atoms with E-state index < -0.39 is 0 Å². The molecular formula is C24H19NS. The predicted molar refractivity (Wildman–Crippen MR) is 110 cm³/mol. The van der Waals surface area contributed by atoms with E-state index in [2.05, 4.69) is 84.9 Å². The number of thiophene rings is 1. The number of nitrogens with zero attached hydrogens (tertiary/aromatic N) is 1. The molecule has 4 aromatic rings. The van der Waals surface area contributed by atoms with E-state index in [0.29, 0.717) is 0 Å². The zero-order valence-corrected chi connectivity index (χ0v) is 15.2. The van der Waals surface area contributed by atoms with Crippen LogP contribution in [0.15, 0.2) is 91.0 Å². The Hall–Kier alpha value is -2.89. The van der Waals surface area contributed by atoms with E-state index in [4.69, 9.17) is 0 Å². The third-order valence-electron chi connectivity index (χ3n) is 4.82. The van der Waals surface area contributed by atoms with Crippen molar-refractivity contribution in [1.82, 2.24) is 0 Å². The number of rotatable bonds is 5. The molecule has 0 fully saturated rings. The minimum absolute atomic E-state index is 0.113. The summed E-state index contributed by atoms with van der Waals surface area (Å²) in [5.41, 5.74) is 2.53. The highest BCUT2D eigenvalue weighted by atomic mass is 32.1. The van der Waals surface area contributed by atoms with Crippen LogP contribution < -0.4 is 0 Å². The molecule has 0 aliphatic carbocycles. The topological polar surface area (TPSA) is 23.8 Å². The third-order valence-corrected chi connectivity index (χ3v) is 6.05. The van der Waals surface area contributed by atoms with Crippen LogP contribution in [0.5, 0.6) is 0 Å². The Morgan fingerprint density at radius 1 is 0.769 bits per heavy atom. The van der Waals surface area contributed by atoms with Crippen molar-refractivity contribution in [3.63, 3.8) is 0 Å². The molecule has 1 aromatic heterocycles. The van der Waals surface area contributed by atoms with E-state index in [9.17, 15) is 5.26 Å². The molecular weight excluding hydrogens is 334 g/mol. The van der Waals surface area contributed by atoms with Crippen molar-refractivity contribution in [1.29, 1.82) is 5.26 Å². The fourth-order valence-corrected chi connectivity index (χ4v) is 4.60. The molecule has 26 heavy (non-hydrogen) atoms. The summed E-state index contributed by atoms with van der Waals surface area (Å²) in [6, 6.07) is 34.1. The number of fused-ring (bicyclic) bond motifs is 1. The van der Waals surface area contributed by atoms with E-state index in [1.165, 1.54) is 21.2 Å². The van der Waals surface area contributed by atoms with Crippen molar-refractivity contribution in [3.8, 4) is 6.07 Å². The zero-order valence-electron chi connectivity index (χ0n) is 14.4. The summed E-state index contributed by atoms with van der Waals surface area (Å²) < 4.78 is 1.25. The predicted octanol–water partition coefficient (Wildman–Crippen LogP) is 6.73. The molecule has 1 atom stereocenters. The van der Waals surface area contributed by atoms with Crippen LogP contribution >= 0.6 is 11.3 Å². The highest BCUT2D eigenvalue weighted by Crippen LogP contribution is 2.38. The van der Waals surface area contributed by atoms with Gasteiger partial charge in [-0.2, -0.15) is 5.26 Å². The molecule has 2 heteroatoms. The zero-order chi connectivity index (χ0) is 17.8. The molecule has 1 heterocycles. The maximum absolute atomic E-state index is 9.90. The Bertz CT molecular complexity index is 955. The largest absolute Gasteiger partial charge is 0.198 e. The summed E-state index contributed by atoms with van der Waals surface area (Å²) in [5.74, 6) is 0.102. The first kappa shape index (κ1) is 16.6. The second-order valence-corrected chi connectivity index (χ2v) is 7.59. The van der Waals surface area contributed by atoms with Crippen LogP contribution in [0.25, 0.3) is 10.1 Å². The van der Waals surface area contributed by atoms with Crippen molar-refractivity contribution in [3.05, 3.63) is 107 Å². The van der Waals surface area contributed by atoms with Crippen LogP contribution in [0.3, 0.4) is 0 Å². The molecule has 0 spiro atoms. The van der Waals surface area contributed by atoms with E-state index in [-0.39, 0.29) is 11.8 Å². The average Bonchev–Trinajstić information content (AvgIpc) is 3.14. The van der Waals surface area contributed by atoms with E-state index in [0.717, 1.165) is 11.3 Å². The van der Waals surface area contributed by atoms with Gasteiger partial charge < -0.3 is 0 Å². The second-order valence-electron chi connectivity index (χ2n) is 6.48. The van der Waals surface area contributed by atoms with Gasteiger partial charge >= 0.3 is 0 Å². The first-order valence-corrected chi connectivity index (χ1v) is 9.65. The van der Waals surface area contributed by atoms with Crippen molar-refractivity contribution < 1.29 is 0 Å². The van der Waals surface area contributed by atoms with Crippen LogP contribution in [0.4, 0.5) is 0 Å². The lowest BCUT2D eigenvalue weighted by Gasteiger charge is -2.20. The van der Waals surface area contributed by atoms with Crippen LogP contribution in [-0.2, 0) is 0 Å². The molecule has 0 radical (unpaired) electrons. The van der Waals surface area contributed by atoms with E-state index in [1.807, 2.05) is 12.1 Å². The van der Waals surface area contributed by atoms with Gasteiger partial charge in [-0.15, -0.1) is 11.3 Å². The first-order chi connectivity index (χ1) is 12.8. The van der Waals surface area contributed by atoms with Gasteiger partial charge in [-0.1, -0.05) is 78.9 Å². The Morgan fingerprint density at radius 2 is 1.35 bits per heavy atom. The van der Waals surface area contributed by atoms with Gasteiger partial charge in [0.25, 0.3) is 0 Å². The van der Waals surface area contributed by atoms with Gasteiger partial charge in [0.05, 0.1) is 12.0 Å². The van der Waals surface area contributed by atoms with Gasteiger partial charge in [0.1, 0.15) is 0 Å². The fraction of sp³-hybridized carbons (Fsp3) is 0.125. The second kappa shape index (κ2) is 7.56. The van der Waals surface area contributed by atoms with E-state index >= 15 is 0 Å². The summed E-state index contributed by atoms with van der Waals surface area (Å²) in [6.07, 6.45) is 0.789. The molecule has 1 unspecified atom stereocenters. The maximum atomic E-state index is 9.90. The molecule has 0 aliphatic heterocycles. The van der Waals surface area contributed by atoms with Gasteiger partial charge in [0.15, 0.2) is 0 Å². The van der Waals surface area contributed by atoms with Crippen LogP contribution in [-0.4, -0.2) is 0 Å². The first-order valence-electron chi connectivity index (χ1n) is 8.83. The molecule has 0 saturated heterocycles. The number of benzene rings is 3. The molecule has 4 rings (SSSR count). The van der Waals surface area contributed by atoms with Crippen molar-refractivity contribution in [2.45, 2.75) is 18.3 Å². The highest BCUT2D eigenvalue weighted by molar-refractivity contribution is 7.19. The summed E-state index contributed by atoms with van der Waals surface area (Å²) in [7, 11) is 0. The lowest BCUT2D eigenvalue weighted by molar-refractivity contribution is 0.672. The number of nitriles is 1. The summed E-state index contributed by atoms with van der Waals surface area (Å²) >= 11 is 1.74. The fourth-order valence-electron chi connectivity index (χ4n) is 3.48. The van der Waals surface area contributed by atoms with Gasteiger partial charge in [-0.05, 0) is 35.1 Å². The third kappa shape index (κ3) is 3.40. The molecule has 126 valence electrons. The molecule has 3 aromatic carbocycles. The van der Waals surface area contributed by atoms with Gasteiger partial charge in [0.2, 0.25) is 0 Å². The summed E-state index contributed by atoms with van der Waals surface area (Å²) in [4.78, 5) is 1.16. The quantitative estimate of drug-likeness (QED) is 0.390. The Kier molecular flexibility index (Phi) is 4.82. The maximum Gasteiger partial charge on any atom is 0.0815 e. The lowest BCUT2D eigenvalue weighted by atomic mass is 9.83. The lowest BCUT2D eigenvalue weighted by Crippen LogP contribution is -2.06.